The van der Waals surface area contributed by atoms with Gasteiger partial charge in [0.25, 0.3) is 0 Å². The molecule has 0 spiro atoms. The first kappa shape index (κ1) is 16.3. The number of anilines is 2. The Balaban J connectivity index is 1.88. The molecule has 8 nitrogen and oxygen atoms in total. The lowest BCUT2D eigenvalue weighted by Crippen LogP contribution is -2.01. The van der Waals surface area contributed by atoms with Crippen molar-refractivity contribution in [3.63, 3.8) is 0 Å². The van der Waals surface area contributed by atoms with Crippen molar-refractivity contribution in [2.75, 3.05) is 24.7 Å². The van der Waals surface area contributed by atoms with Crippen LogP contribution in [0.1, 0.15) is 12.1 Å². The first-order valence-corrected chi connectivity index (χ1v) is 8.50. The van der Waals surface area contributed by atoms with Gasteiger partial charge in [-0.25, -0.2) is 15.0 Å². The molecule has 0 aromatic carbocycles. The second-order valence-corrected chi connectivity index (χ2v) is 6.27. The van der Waals surface area contributed by atoms with Crippen molar-refractivity contribution in [3.05, 3.63) is 30.2 Å². The number of aromatic nitrogens is 5. The van der Waals surface area contributed by atoms with E-state index in [1.165, 1.54) is 0 Å². The summed E-state index contributed by atoms with van der Waals surface area (Å²) in [4.78, 5) is 17.1. The quantitative estimate of drug-likeness (QED) is 0.437. The van der Waals surface area contributed by atoms with Crippen LogP contribution < -0.4 is 11.1 Å². The maximum Gasteiger partial charge on any atom is 0.156 e. The van der Waals surface area contributed by atoms with Gasteiger partial charge in [0.1, 0.15) is 11.2 Å². The molecule has 0 aliphatic heterocycles. The summed E-state index contributed by atoms with van der Waals surface area (Å²) in [5, 5.41) is 13.2. The first-order valence-electron chi connectivity index (χ1n) is 8.50. The number of aliphatic hydroxyl groups excluding tert-OH is 1. The molecule has 8 heteroatoms. The highest BCUT2D eigenvalue weighted by Gasteiger charge is 2.16. The molecule has 0 bridgehead atoms. The highest BCUT2D eigenvalue weighted by Crippen LogP contribution is 2.31. The van der Waals surface area contributed by atoms with Gasteiger partial charge in [0.2, 0.25) is 0 Å². The van der Waals surface area contributed by atoms with E-state index in [1.807, 2.05) is 36.9 Å². The molecule has 4 aromatic heterocycles. The van der Waals surface area contributed by atoms with Gasteiger partial charge in [0.05, 0.1) is 34.6 Å². The number of hydrogen-bond donors (Lipinski definition) is 4. The third kappa shape index (κ3) is 2.55. The zero-order valence-corrected chi connectivity index (χ0v) is 14.7. The van der Waals surface area contributed by atoms with Crippen molar-refractivity contribution in [1.82, 2.24) is 24.5 Å². The molecular weight excluding hydrogens is 330 g/mol. The molecule has 0 aliphatic carbocycles. The fourth-order valence-electron chi connectivity index (χ4n) is 3.22. The number of hydrogen-bond acceptors (Lipinski definition) is 6. The average Bonchev–Trinajstić information content (AvgIpc) is 3.24. The Labute approximate surface area is 150 Å². The van der Waals surface area contributed by atoms with Crippen molar-refractivity contribution in [3.8, 4) is 11.4 Å². The molecule has 0 radical (unpaired) electrons. The van der Waals surface area contributed by atoms with Crippen molar-refractivity contribution in [2.45, 2.75) is 12.8 Å². The maximum atomic E-state index is 9.06. The lowest BCUT2D eigenvalue weighted by molar-refractivity contribution is 0.288. The van der Waals surface area contributed by atoms with Gasteiger partial charge in [-0.2, -0.15) is 0 Å². The number of pyridine rings is 2. The van der Waals surface area contributed by atoms with E-state index in [9.17, 15) is 0 Å². The normalized spacial score (nSPS) is 11.5. The Hall–Kier alpha value is -3.13. The minimum Gasteiger partial charge on any atom is -0.397 e. The van der Waals surface area contributed by atoms with Crippen molar-refractivity contribution >= 4 is 33.6 Å². The number of nitrogen functional groups attached to an aromatic ring is 1. The average molecular weight is 351 g/mol. The third-order valence-electron chi connectivity index (χ3n) is 4.53. The summed E-state index contributed by atoms with van der Waals surface area (Å²) in [6, 6.07) is 5.79. The van der Waals surface area contributed by atoms with Crippen molar-refractivity contribution in [2.24, 2.45) is 7.05 Å². The largest absolute Gasteiger partial charge is 0.397 e. The van der Waals surface area contributed by atoms with Gasteiger partial charge in [-0.05, 0) is 31.0 Å². The Morgan fingerprint density at radius 1 is 1.31 bits per heavy atom. The van der Waals surface area contributed by atoms with Gasteiger partial charge in [0, 0.05) is 26.1 Å². The van der Waals surface area contributed by atoms with Crippen molar-refractivity contribution < 1.29 is 5.11 Å². The number of rotatable bonds is 5. The van der Waals surface area contributed by atoms with E-state index < -0.39 is 0 Å². The predicted octanol–water partition coefficient (Wildman–Crippen LogP) is 2.06. The zero-order chi connectivity index (χ0) is 18.3. The Kier molecular flexibility index (Phi) is 3.96. The van der Waals surface area contributed by atoms with Crippen LogP contribution in [0.5, 0.6) is 0 Å². The second-order valence-electron chi connectivity index (χ2n) is 6.27. The van der Waals surface area contributed by atoms with Crippen molar-refractivity contribution in [1.29, 1.82) is 0 Å². The van der Waals surface area contributed by atoms with E-state index in [0.29, 0.717) is 18.5 Å². The van der Waals surface area contributed by atoms with Gasteiger partial charge in [-0.3, -0.25) is 0 Å². The number of aryl methyl sites for hydroxylation is 2. The Morgan fingerprint density at radius 2 is 2.15 bits per heavy atom. The molecule has 0 fully saturated rings. The smallest absolute Gasteiger partial charge is 0.156 e. The van der Waals surface area contributed by atoms with Gasteiger partial charge in [-0.1, -0.05) is 0 Å². The topological polar surface area (TPSA) is 118 Å². The van der Waals surface area contributed by atoms with Gasteiger partial charge in [-0.15, -0.1) is 0 Å². The van der Waals surface area contributed by atoms with E-state index in [2.05, 4.69) is 25.3 Å². The lowest BCUT2D eigenvalue weighted by Gasteiger charge is -2.06. The van der Waals surface area contributed by atoms with Gasteiger partial charge >= 0.3 is 0 Å². The summed E-state index contributed by atoms with van der Waals surface area (Å²) in [6.07, 6.45) is 3.06. The maximum absolute atomic E-state index is 9.06. The number of H-pyrrole nitrogens is 1. The number of imidazole rings is 1. The van der Waals surface area contributed by atoms with Gasteiger partial charge in [0.15, 0.2) is 5.82 Å². The highest BCUT2D eigenvalue weighted by molar-refractivity contribution is 6.07. The number of nitrogens with two attached hydrogens (primary N) is 1. The highest BCUT2D eigenvalue weighted by atomic mass is 16.2. The molecule has 26 heavy (non-hydrogen) atoms. The minimum atomic E-state index is 0.118. The SMILES string of the molecule is CNc1nc2[nH]c(-c3ccc(N)c(CCCO)n3)cc2c2c1ncn2C. The minimum absolute atomic E-state index is 0.118. The van der Waals surface area contributed by atoms with Gasteiger partial charge < -0.3 is 25.7 Å². The summed E-state index contributed by atoms with van der Waals surface area (Å²) in [6.45, 7) is 0.118. The van der Waals surface area contributed by atoms with E-state index in [4.69, 9.17) is 10.8 Å². The van der Waals surface area contributed by atoms with Crippen LogP contribution in [0.15, 0.2) is 24.5 Å². The van der Waals surface area contributed by atoms with Crippen LogP contribution >= 0.6 is 0 Å². The summed E-state index contributed by atoms with van der Waals surface area (Å²) in [5.74, 6) is 0.732. The molecule has 0 saturated carbocycles. The first-order chi connectivity index (χ1) is 12.6. The predicted molar refractivity (Wildman–Crippen MR) is 103 cm³/mol. The fourth-order valence-corrected chi connectivity index (χ4v) is 3.22. The van der Waals surface area contributed by atoms with Crippen LogP contribution in [-0.4, -0.2) is 43.3 Å². The molecule has 4 heterocycles. The number of nitrogens with one attached hydrogen (secondary N) is 2. The summed E-state index contributed by atoms with van der Waals surface area (Å²) < 4.78 is 1.99. The molecule has 4 rings (SSSR count). The van der Waals surface area contributed by atoms with Crippen LogP contribution in [0.25, 0.3) is 33.5 Å². The molecule has 4 aromatic rings. The third-order valence-corrected chi connectivity index (χ3v) is 4.53. The molecule has 0 atom stereocenters. The molecule has 0 aliphatic rings. The summed E-state index contributed by atoms with van der Waals surface area (Å²) >= 11 is 0. The molecule has 0 unspecified atom stereocenters. The Morgan fingerprint density at radius 3 is 2.92 bits per heavy atom. The number of aliphatic hydroxyl groups is 1. The van der Waals surface area contributed by atoms with Crippen LogP contribution in [0.3, 0.4) is 0 Å². The van der Waals surface area contributed by atoms with E-state index in [-0.39, 0.29) is 6.61 Å². The van der Waals surface area contributed by atoms with Crippen LogP contribution in [0.2, 0.25) is 0 Å². The standard InChI is InChI=1S/C18H21N7O/c1-20-18-15-16(25(2)9-21-15)10-8-14(23-17(10)24-18)13-6-5-11(19)12(22-13)4-3-7-26/h5-6,8-9,26H,3-4,7,19H2,1-2H3,(H2,20,23,24). The molecular formula is C18H21N7O. The molecule has 0 amide bonds. The number of fused-ring (bicyclic) bond motifs is 3. The zero-order valence-electron chi connectivity index (χ0n) is 14.7. The Bertz CT molecular complexity index is 1100. The van der Waals surface area contributed by atoms with E-state index >= 15 is 0 Å². The van der Waals surface area contributed by atoms with Crippen LogP contribution in [0.4, 0.5) is 11.5 Å². The van der Waals surface area contributed by atoms with E-state index in [0.717, 1.165) is 45.0 Å². The van der Waals surface area contributed by atoms with Crippen LogP contribution in [0, 0.1) is 0 Å². The second kappa shape index (κ2) is 6.30. The number of aromatic amines is 1. The van der Waals surface area contributed by atoms with E-state index in [1.54, 1.807) is 6.33 Å². The number of nitrogens with zero attached hydrogens (tertiary/aromatic N) is 4. The van der Waals surface area contributed by atoms with Crippen LogP contribution in [-0.2, 0) is 13.5 Å². The fraction of sp³-hybridized carbons (Fsp3) is 0.278. The molecule has 0 saturated heterocycles. The summed E-state index contributed by atoms with van der Waals surface area (Å²) in [7, 11) is 3.80. The molecule has 5 N–H and O–H groups in total. The lowest BCUT2D eigenvalue weighted by atomic mass is 10.1. The molecule has 134 valence electrons. The monoisotopic (exact) mass is 351 g/mol. The summed E-state index contributed by atoms with van der Waals surface area (Å²) in [5.41, 5.74) is 11.7.